The minimum Gasteiger partial charge on any atom is -0.468 e. The molecule has 2 aliphatic heterocycles. The summed E-state index contributed by atoms with van der Waals surface area (Å²) < 4.78 is 17.1. The standard InChI is InChI=1S/C21H28N2O4/c1-15-9-19(16(2)27-15)20(24)23-13-21(14-23)7-6-17(12-26-21)10-22(3)11-18-5-4-8-25-18/h4-5,8-9,17H,6-7,10-14H2,1-3H3/t17-/m0/s1. The minimum atomic E-state index is -0.140. The van der Waals surface area contributed by atoms with E-state index in [1.54, 1.807) is 6.26 Å². The third-order valence-electron chi connectivity index (χ3n) is 5.73. The summed E-state index contributed by atoms with van der Waals surface area (Å²) in [5, 5.41) is 0. The molecular formula is C21H28N2O4. The summed E-state index contributed by atoms with van der Waals surface area (Å²) in [6.45, 7) is 7.65. The van der Waals surface area contributed by atoms with Crippen molar-refractivity contribution in [3.8, 4) is 0 Å². The minimum absolute atomic E-state index is 0.0545. The number of furan rings is 2. The second-order valence-electron chi connectivity index (χ2n) is 8.16. The van der Waals surface area contributed by atoms with Gasteiger partial charge < -0.3 is 18.5 Å². The molecule has 0 aliphatic carbocycles. The maximum Gasteiger partial charge on any atom is 0.257 e. The van der Waals surface area contributed by atoms with Crippen molar-refractivity contribution in [2.75, 3.05) is 33.3 Å². The first kappa shape index (κ1) is 18.3. The van der Waals surface area contributed by atoms with Gasteiger partial charge in [-0.3, -0.25) is 9.69 Å². The Morgan fingerprint density at radius 3 is 2.78 bits per heavy atom. The van der Waals surface area contributed by atoms with Crippen LogP contribution in [0.25, 0.3) is 0 Å². The van der Waals surface area contributed by atoms with Crippen LogP contribution in [0.2, 0.25) is 0 Å². The number of ether oxygens (including phenoxy) is 1. The summed E-state index contributed by atoms with van der Waals surface area (Å²) in [7, 11) is 2.12. The van der Waals surface area contributed by atoms with E-state index < -0.39 is 0 Å². The molecule has 0 aromatic carbocycles. The Hall–Kier alpha value is -2.05. The average Bonchev–Trinajstić information content (AvgIpc) is 3.22. The maximum absolute atomic E-state index is 12.6. The summed E-state index contributed by atoms with van der Waals surface area (Å²) in [5.41, 5.74) is 0.536. The largest absolute Gasteiger partial charge is 0.468 e. The zero-order chi connectivity index (χ0) is 19.0. The van der Waals surface area contributed by atoms with Gasteiger partial charge in [0.25, 0.3) is 5.91 Å². The molecule has 2 saturated heterocycles. The predicted octanol–water partition coefficient (Wildman–Crippen LogP) is 3.24. The van der Waals surface area contributed by atoms with E-state index in [0.717, 1.165) is 44.1 Å². The third-order valence-corrected chi connectivity index (χ3v) is 5.73. The number of rotatable bonds is 5. The highest BCUT2D eigenvalue weighted by atomic mass is 16.5. The molecule has 1 amide bonds. The van der Waals surface area contributed by atoms with Crippen LogP contribution in [0.5, 0.6) is 0 Å². The van der Waals surface area contributed by atoms with Crippen LogP contribution in [0.15, 0.2) is 33.3 Å². The van der Waals surface area contributed by atoms with Crippen molar-refractivity contribution in [2.45, 2.75) is 38.8 Å². The van der Waals surface area contributed by atoms with E-state index in [1.807, 2.05) is 36.9 Å². The number of nitrogens with zero attached hydrogens (tertiary/aromatic N) is 2. The van der Waals surface area contributed by atoms with E-state index in [-0.39, 0.29) is 11.5 Å². The van der Waals surface area contributed by atoms with Gasteiger partial charge in [0.15, 0.2) is 0 Å². The number of amides is 1. The van der Waals surface area contributed by atoms with E-state index in [4.69, 9.17) is 13.6 Å². The smallest absolute Gasteiger partial charge is 0.257 e. The Morgan fingerprint density at radius 1 is 1.37 bits per heavy atom. The SMILES string of the molecule is Cc1cc(C(=O)N2CC3(CC[C@@H](CN(C)Cc4ccco4)CO3)C2)c(C)o1. The highest BCUT2D eigenvalue weighted by molar-refractivity contribution is 5.96. The quantitative estimate of drug-likeness (QED) is 0.806. The van der Waals surface area contributed by atoms with Gasteiger partial charge in [-0.15, -0.1) is 0 Å². The zero-order valence-electron chi connectivity index (χ0n) is 16.4. The lowest BCUT2D eigenvalue weighted by atomic mass is 9.82. The molecule has 2 fully saturated rings. The Morgan fingerprint density at radius 2 is 2.19 bits per heavy atom. The average molecular weight is 372 g/mol. The monoisotopic (exact) mass is 372 g/mol. The molecule has 1 spiro atoms. The van der Waals surface area contributed by atoms with Crippen LogP contribution in [0.3, 0.4) is 0 Å². The Labute approximate surface area is 160 Å². The summed E-state index contributed by atoms with van der Waals surface area (Å²) in [5.74, 6) is 3.05. The van der Waals surface area contributed by atoms with Crippen LogP contribution in [0.1, 0.15) is 40.5 Å². The molecule has 0 bridgehead atoms. The van der Waals surface area contributed by atoms with Crippen molar-refractivity contribution >= 4 is 5.91 Å². The summed E-state index contributed by atoms with van der Waals surface area (Å²) in [4.78, 5) is 16.8. The predicted molar refractivity (Wildman–Crippen MR) is 101 cm³/mol. The third kappa shape index (κ3) is 3.82. The van der Waals surface area contributed by atoms with Gasteiger partial charge in [0.05, 0.1) is 38.1 Å². The summed E-state index contributed by atoms with van der Waals surface area (Å²) in [6, 6.07) is 5.76. The highest BCUT2D eigenvalue weighted by Crippen LogP contribution is 2.37. The Balaban J connectivity index is 1.24. The van der Waals surface area contributed by atoms with Crippen LogP contribution >= 0.6 is 0 Å². The number of hydrogen-bond acceptors (Lipinski definition) is 5. The summed E-state index contributed by atoms with van der Waals surface area (Å²) >= 11 is 0. The van der Waals surface area contributed by atoms with Crippen LogP contribution in [-0.2, 0) is 11.3 Å². The van der Waals surface area contributed by atoms with Gasteiger partial charge in [-0.1, -0.05) is 0 Å². The first-order valence-corrected chi connectivity index (χ1v) is 9.65. The molecule has 4 heterocycles. The van der Waals surface area contributed by atoms with Crippen molar-refractivity contribution in [2.24, 2.45) is 5.92 Å². The lowest BCUT2D eigenvalue weighted by Crippen LogP contribution is -2.66. The van der Waals surface area contributed by atoms with Crippen molar-refractivity contribution in [1.29, 1.82) is 0 Å². The molecule has 6 heteroatoms. The fourth-order valence-corrected chi connectivity index (χ4v) is 4.29. The fraction of sp³-hybridized carbons (Fsp3) is 0.571. The van der Waals surface area contributed by atoms with Gasteiger partial charge in [-0.05, 0) is 57.9 Å². The van der Waals surface area contributed by atoms with E-state index in [0.29, 0.717) is 30.3 Å². The first-order chi connectivity index (χ1) is 12.9. The normalized spacial score (nSPS) is 21.6. The highest BCUT2D eigenvalue weighted by Gasteiger charge is 2.48. The molecule has 4 rings (SSSR count). The van der Waals surface area contributed by atoms with Crippen molar-refractivity contribution in [3.05, 3.63) is 47.3 Å². The molecule has 0 radical (unpaired) electrons. The number of aryl methyl sites for hydroxylation is 2. The zero-order valence-corrected chi connectivity index (χ0v) is 16.4. The number of likely N-dealkylation sites (tertiary alicyclic amines) is 1. The Bertz CT molecular complexity index is 779. The van der Waals surface area contributed by atoms with E-state index in [9.17, 15) is 4.79 Å². The topological polar surface area (TPSA) is 59.1 Å². The molecule has 1 atom stereocenters. The van der Waals surface area contributed by atoms with E-state index in [1.165, 1.54) is 0 Å². The summed E-state index contributed by atoms with van der Waals surface area (Å²) in [6.07, 6.45) is 3.86. The van der Waals surface area contributed by atoms with Crippen LogP contribution in [0.4, 0.5) is 0 Å². The molecule has 0 unspecified atom stereocenters. The van der Waals surface area contributed by atoms with Crippen molar-refractivity contribution < 1.29 is 18.4 Å². The molecular weight excluding hydrogens is 344 g/mol. The molecule has 146 valence electrons. The molecule has 6 nitrogen and oxygen atoms in total. The molecule has 27 heavy (non-hydrogen) atoms. The lowest BCUT2D eigenvalue weighted by Gasteiger charge is -2.52. The van der Waals surface area contributed by atoms with E-state index >= 15 is 0 Å². The molecule has 2 aromatic rings. The van der Waals surface area contributed by atoms with Gasteiger partial charge >= 0.3 is 0 Å². The molecule has 2 aliphatic rings. The molecule has 0 saturated carbocycles. The van der Waals surface area contributed by atoms with Gasteiger partial charge in [0, 0.05) is 6.54 Å². The van der Waals surface area contributed by atoms with E-state index in [2.05, 4.69) is 11.9 Å². The Kier molecular flexibility index (Phi) is 4.86. The van der Waals surface area contributed by atoms with Crippen LogP contribution < -0.4 is 0 Å². The number of hydrogen-bond donors (Lipinski definition) is 0. The van der Waals surface area contributed by atoms with Gasteiger partial charge in [-0.2, -0.15) is 0 Å². The lowest BCUT2D eigenvalue weighted by molar-refractivity contribution is -0.168. The second kappa shape index (κ2) is 7.17. The van der Waals surface area contributed by atoms with Gasteiger partial charge in [0.2, 0.25) is 0 Å². The van der Waals surface area contributed by atoms with Crippen molar-refractivity contribution in [1.82, 2.24) is 9.80 Å². The molecule has 2 aromatic heterocycles. The number of carbonyl (C=O) groups excluding carboxylic acids is 1. The van der Waals surface area contributed by atoms with Crippen LogP contribution in [-0.4, -0.2) is 54.6 Å². The fourth-order valence-electron chi connectivity index (χ4n) is 4.29. The van der Waals surface area contributed by atoms with Gasteiger partial charge in [0.1, 0.15) is 22.9 Å². The van der Waals surface area contributed by atoms with Crippen LogP contribution in [0, 0.1) is 19.8 Å². The number of carbonyl (C=O) groups is 1. The molecule has 0 N–H and O–H groups in total. The van der Waals surface area contributed by atoms with Crippen molar-refractivity contribution in [3.63, 3.8) is 0 Å². The second-order valence-corrected chi connectivity index (χ2v) is 8.16. The van der Waals surface area contributed by atoms with Gasteiger partial charge in [-0.25, -0.2) is 0 Å². The maximum atomic E-state index is 12.6. The first-order valence-electron chi connectivity index (χ1n) is 9.65.